The largest absolute Gasteiger partial charge is 0.534 e. The molecule has 132 heavy (non-hydrogen) atoms. The molecule has 3 N–H and O–H groups in total. The Labute approximate surface area is 753 Å². The second-order valence-corrected chi connectivity index (χ2v) is 33.1. The number of aryl methyl sites for hydroxylation is 3. The average Bonchev–Trinajstić information content (AvgIpc) is 1.50. The fourth-order valence-corrected chi connectivity index (χ4v) is 15.5. The molecule has 3 saturated heterocycles. The maximum atomic E-state index is 12.5. The van der Waals surface area contributed by atoms with E-state index in [4.69, 9.17) is 38.6 Å². The molecule has 14 aromatic carbocycles. The number of aromatic hydroxyl groups is 1. The van der Waals surface area contributed by atoms with E-state index in [-0.39, 0.29) is 68.7 Å². The molecular weight excluding hydrogens is 1760 g/mol. The van der Waals surface area contributed by atoms with Gasteiger partial charge in [0, 0.05) is 63.2 Å². The van der Waals surface area contributed by atoms with E-state index in [1.165, 1.54) is 59.5 Å². The number of halogens is 6. The molecular formula is C101H88F6O23S2. The predicted molar refractivity (Wildman–Crippen MR) is 486 cm³/mol. The van der Waals surface area contributed by atoms with Gasteiger partial charge in [-0.3, -0.25) is 14.4 Å². The van der Waals surface area contributed by atoms with Gasteiger partial charge in [-0.15, -0.1) is 0 Å². The summed E-state index contributed by atoms with van der Waals surface area (Å²) in [5.74, 6) is -2.53. The summed E-state index contributed by atoms with van der Waals surface area (Å²) < 4.78 is 160. The first kappa shape index (κ1) is 98.8. The van der Waals surface area contributed by atoms with Crippen molar-refractivity contribution in [3.8, 4) is 17.2 Å². The van der Waals surface area contributed by atoms with E-state index < -0.39 is 61.0 Å². The highest BCUT2D eigenvalue weighted by atomic mass is 32.2. The first-order valence-electron chi connectivity index (χ1n) is 41.1. The smallest absolute Gasteiger partial charge is 0.507 e. The number of rotatable bonds is 22. The van der Waals surface area contributed by atoms with E-state index >= 15 is 0 Å². The molecule has 31 heteroatoms. The SMILES string of the molecule is CC(=O)/C=C/c1ccc(C2OCCO2)c2ccccc12.CC(=O)CCc1ccc(C2OCCO2)c2ccccc12.CC(=O)CCc1ccc(C=O)c2ccccc12.CC(=O)CCc1ccc(C=O)c2ccccc12.O=C(O)c1ccc(O)c2ccccc12.O=C(O)c1ccc(OS(=O)(=O)C(F)(F)F)c2ccccc12.O=S(=O)(Oc1ccc(C2OCCO2)c2ccccc12)C(F)(F)F. The Morgan fingerprint density at radius 1 is 0.341 bits per heavy atom. The molecule has 0 atom stereocenters. The summed E-state index contributed by atoms with van der Waals surface area (Å²) in [4.78, 5) is 88.1. The predicted octanol–water partition coefficient (Wildman–Crippen LogP) is 21.4. The van der Waals surface area contributed by atoms with E-state index in [1.807, 2.05) is 121 Å². The molecule has 684 valence electrons. The second-order valence-electron chi connectivity index (χ2n) is 30.0. The number of aromatic carboxylic acids is 2. The van der Waals surface area contributed by atoms with Gasteiger partial charge in [-0.1, -0.05) is 224 Å². The van der Waals surface area contributed by atoms with Crippen LogP contribution in [0.4, 0.5) is 26.3 Å². The number of phenols is 1. The van der Waals surface area contributed by atoms with Crippen LogP contribution in [0.25, 0.3) is 81.5 Å². The first-order valence-corrected chi connectivity index (χ1v) is 43.9. The number of hydrogen-bond donors (Lipinski definition) is 3. The van der Waals surface area contributed by atoms with Crippen molar-refractivity contribution in [2.45, 2.75) is 96.1 Å². The molecule has 17 rings (SSSR count). The number of carboxylic acids is 2. The van der Waals surface area contributed by atoms with Gasteiger partial charge in [0.05, 0.1) is 50.8 Å². The normalized spacial score (nSPS) is 13.5. The number of alkyl halides is 6. The van der Waals surface area contributed by atoms with Gasteiger partial charge in [0.2, 0.25) is 0 Å². The van der Waals surface area contributed by atoms with E-state index in [0.717, 1.165) is 116 Å². The van der Waals surface area contributed by atoms with E-state index in [1.54, 1.807) is 76.2 Å². The number of aldehydes is 2. The molecule has 0 spiro atoms. The molecule has 0 radical (unpaired) electrons. The van der Waals surface area contributed by atoms with Crippen LogP contribution in [0, 0.1) is 0 Å². The highest BCUT2D eigenvalue weighted by Crippen LogP contribution is 2.41. The van der Waals surface area contributed by atoms with Gasteiger partial charge in [0.25, 0.3) is 0 Å². The molecule has 14 aromatic rings. The maximum Gasteiger partial charge on any atom is 0.534 e. The summed E-state index contributed by atoms with van der Waals surface area (Å²) >= 11 is 0. The fourth-order valence-electron chi connectivity index (χ4n) is 14.6. The van der Waals surface area contributed by atoms with Crippen LogP contribution in [0.2, 0.25) is 0 Å². The number of hydrogen-bond acceptors (Lipinski definition) is 21. The average molecular weight is 1850 g/mol. The van der Waals surface area contributed by atoms with E-state index in [2.05, 4.69) is 38.7 Å². The number of carbonyl (C=O) groups excluding carboxylic acids is 6. The van der Waals surface area contributed by atoms with Gasteiger partial charge in [-0.25, -0.2) is 9.59 Å². The minimum Gasteiger partial charge on any atom is -0.507 e. The van der Waals surface area contributed by atoms with Gasteiger partial charge in [-0.2, -0.15) is 43.2 Å². The quantitative estimate of drug-likeness (QED) is 0.0186. The van der Waals surface area contributed by atoms with Crippen LogP contribution in [0.3, 0.4) is 0 Å². The number of fused-ring (bicyclic) bond motifs is 7. The zero-order valence-electron chi connectivity index (χ0n) is 71.4. The summed E-state index contributed by atoms with van der Waals surface area (Å²) in [6.45, 7) is 9.74. The molecule has 0 bridgehead atoms. The lowest BCUT2D eigenvalue weighted by atomic mass is 9.96. The van der Waals surface area contributed by atoms with E-state index in [0.29, 0.717) is 91.8 Å². The van der Waals surface area contributed by atoms with Crippen molar-refractivity contribution in [1.29, 1.82) is 0 Å². The number of Topliss-reactive ketones (excluding diaryl/α,β-unsaturated/α-hetero) is 3. The van der Waals surface area contributed by atoms with Gasteiger partial charge >= 0.3 is 43.2 Å². The standard InChI is InChI=1S/C17H18O3.C17H16O3.2C15H14O2.C14H11F3O5S.C12H7F3O5S.C11H8O3/c2*1-12(18)6-7-13-8-9-16(17-19-10-11-20-17)15-5-3-2-4-14(13)15;2*1-11(17)6-7-12-8-9-13(10-16)15-5-3-2-4-14(12)15;15-14(16,17)23(18,19)22-12-6-5-11(13-20-7-8-21-13)9-3-1-2-4-10(9)12;13-12(14,15)21(18,19)20-10-6-5-9(11(16)17)7-3-1-2-4-8(7)10;12-10-6-5-9(11(13)14)7-3-1-2-4-8(7)10/h2-5,8-9,17H,6-7,10-11H2,1H3;2-9,17H,10-11H2,1H3;2*2-5,8-10H,6-7H2,1H3;1-6,13H,7-8H2;1-6H,(H,16,17);1-6,12H,(H,13,14)/b;7-6+;;;;;. The Morgan fingerprint density at radius 2 is 0.606 bits per heavy atom. The monoisotopic (exact) mass is 1850 g/mol. The molecule has 23 nitrogen and oxygen atoms in total. The molecule has 3 heterocycles. The zero-order valence-corrected chi connectivity index (χ0v) is 73.0. The lowest BCUT2D eigenvalue weighted by Gasteiger charge is -2.16. The molecule has 3 aliphatic rings. The van der Waals surface area contributed by atoms with Crippen LogP contribution in [-0.2, 0) is 87.1 Å². The molecule has 0 aromatic heterocycles. The molecule has 0 aliphatic carbocycles. The number of carboxylic acid groups (broad SMARTS) is 2. The van der Waals surface area contributed by atoms with Crippen molar-refractivity contribution < 1.29 is 134 Å². The topological polar surface area (TPSA) is 339 Å². The van der Waals surface area contributed by atoms with Crippen molar-refractivity contribution >= 4 is 149 Å². The fraction of sp³-hybridized carbons (Fsp3) is 0.208. The minimum absolute atomic E-state index is 0.0422. The number of phenolic OH excluding ortho intramolecular Hbond substituents is 1. The Balaban J connectivity index is 0.000000149. The second kappa shape index (κ2) is 45.2. The third-order valence-electron chi connectivity index (χ3n) is 20.9. The van der Waals surface area contributed by atoms with Crippen LogP contribution >= 0.6 is 0 Å². The van der Waals surface area contributed by atoms with Gasteiger partial charge in [-0.05, 0) is 171 Å². The van der Waals surface area contributed by atoms with Crippen LogP contribution < -0.4 is 8.37 Å². The molecule has 3 aliphatic heterocycles. The number of carbonyl (C=O) groups is 8. The summed E-state index contributed by atoms with van der Waals surface area (Å²) in [7, 11) is -11.6. The molecule has 0 saturated carbocycles. The van der Waals surface area contributed by atoms with Crippen LogP contribution in [0.1, 0.15) is 146 Å². The van der Waals surface area contributed by atoms with Crippen molar-refractivity contribution in [1.82, 2.24) is 0 Å². The molecule has 3 fully saturated rings. The summed E-state index contributed by atoms with van der Waals surface area (Å²) in [5, 5.41) is 37.8. The Bertz CT molecular complexity index is 6770. The summed E-state index contributed by atoms with van der Waals surface area (Å²) in [5.41, 5.74) is -2.44. The van der Waals surface area contributed by atoms with Crippen molar-refractivity contribution in [2.24, 2.45) is 0 Å². The zero-order chi connectivity index (χ0) is 95.0. The van der Waals surface area contributed by atoms with E-state index in [9.17, 15) is 86.6 Å². The Kier molecular flexibility index (Phi) is 33.8. The number of ether oxygens (including phenoxy) is 6. The maximum absolute atomic E-state index is 12.5. The number of ketones is 4. The highest BCUT2D eigenvalue weighted by molar-refractivity contribution is 7.88. The summed E-state index contributed by atoms with van der Waals surface area (Å²) in [6, 6.07) is 73.6. The van der Waals surface area contributed by atoms with Crippen LogP contribution in [0.15, 0.2) is 261 Å². The van der Waals surface area contributed by atoms with Crippen LogP contribution in [-0.4, -0.2) is 130 Å². The first-order chi connectivity index (χ1) is 63.1. The van der Waals surface area contributed by atoms with Gasteiger partial charge in [0.15, 0.2) is 48.7 Å². The Morgan fingerprint density at radius 3 is 0.962 bits per heavy atom. The summed E-state index contributed by atoms with van der Waals surface area (Å²) in [6.07, 6.45) is 7.91. The third kappa shape index (κ3) is 25.3. The van der Waals surface area contributed by atoms with Gasteiger partial charge in [0.1, 0.15) is 23.1 Å². The lowest BCUT2D eigenvalue weighted by molar-refractivity contribution is -0.117. The highest BCUT2D eigenvalue weighted by Gasteiger charge is 2.50. The van der Waals surface area contributed by atoms with Gasteiger partial charge < -0.3 is 66.5 Å². The van der Waals surface area contributed by atoms with Crippen molar-refractivity contribution in [3.63, 3.8) is 0 Å². The lowest BCUT2D eigenvalue weighted by Crippen LogP contribution is -2.28. The number of benzene rings is 14. The Hall–Kier alpha value is -13.8. The third-order valence-corrected chi connectivity index (χ3v) is 22.8. The van der Waals surface area contributed by atoms with Crippen molar-refractivity contribution in [2.75, 3.05) is 39.6 Å². The van der Waals surface area contributed by atoms with Crippen molar-refractivity contribution in [3.05, 3.63) is 322 Å². The minimum atomic E-state index is -5.82. The molecule has 0 unspecified atom stereocenters. The number of allylic oxidation sites excluding steroid dienone is 1. The van der Waals surface area contributed by atoms with Crippen LogP contribution in [0.5, 0.6) is 17.2 Å². The molecule has 0 amide bonds.